The second-order valence-electron chi connectivity index (χ2n) is 4.18. The Morgan fingerprint density at radius 1 is 0.941 bits per heavy atom. The molecule has 0 saturated heterocycles. The van der Waals surface area contributed by atoms with Crippen LogP contribution in [0.25, 0.3) is 22.1 Å². The lowest BCUT2D eigenvalue weighted by atomic mass is 10.0. The van der Waals surface area contributed by atoms with Crippen LogP contribution in [0.1, 0.15) is 5.56 Å². The molecule has 1 N–H and O–H groups in total. The number of rotatable bonds is 1. The predicted molar refractivity (Wildman–Crippen MR) is 68.1 cm³/mol. The van der Waals surface area contributed by atoms with Gasteiger partial charge in [0.2, 0.25) is 0 Å². The Morgan fingerprint density at radius 3 is 2.41 bits per heavy atom. The van der Waals surface area contributed by atoms with Crippen molar-refractivity contribution in [3.8, 4) is 16.9 Å². The molecule has 0 saturated carbocycles. The first-order valence-electron chi connectivity index (χ1n) is 5.51. The Hall–Kier alpha value is -2.22. The zero-order valence-corrected chi connectivity index (χ0v) is 9.47. The number of hydrogen-bond donors (Lipinski definition) is 1. The molecule has 0 aliphatic carbocycles. The van der Waals surface area contributed by atoms with Crippen molar-refractivity contribution in [2.45, 2.75) is 6.92 Å². The van der Waals surface area contributed by atoms with Crippen LogP contribution >= 0.6 is 0 Å². The number of phenols is 1. The molecule has 0 unspecified atom stereocenters. The molecule has 1 heterocycles. The van der Waals surface area contributed by atoms with E-state index in [1.807, 2.05) is 31.2 Å². The van der Waals surface area contributed by atoms with E-state index in [0.717, 1.165) is 27.7 Å². The molecule has 3 aromatic rings. The van der Waals surface area contributed by atoms with Gasteiger partial charge in [0.25, 0.3) is 0 Å². The summed E-state index contributed by atoms with van der Waals surface area (Å²) >= 11 is 0. The molecular weight excluding hydrogens is 212 g/mol. The van der Waals surface area contributed by atoms with E-state index in [9.17, 15) is 5.11 Å². The number of furan rings is 1. The van der Waals surface area contributed by atoms with Crippen molar-refractivity contribution in [2.75, 3.05) is 0 Å². The molecule has 0 aliphatic rings. The van der Waals surface area contributed by atoms with Crippen LogP contribution in [0.2, 0.25) is 0 Å². The highest BCUT2D eigenvalue weighted by Crippen LogP contribution is 2.28. The standard InChI is InChI=1S/C15H12O2/c1-10-9-17-15-7-4-12(8-14(10)15)11-2-5-13(16)6-3-11/h2-9,16H,1H3. The molecule has 17 heavy (non-hydrogen) atoms. The van der Waals surface area contributed by atoms with E-state index in [2.05, 4.69) is 6.07 Å². The summed E-state index contributed by atoms with van der Waals surface area (Å²) in [6.45, 7) is 2.03. The third-order valence-electron chi connectivity index (χ3n) is 2.97. The van der Waals surface area contributed by atoms with Gasteiger partial charge in [0.15, 0.2) is 0 Å². The lowest BCUT2D eigenvalue weighted by molar-refractivity contribution is 0.475. The Bertz CT molecular complexity index is 663. The molecule has 0 bridgehead atoms. The number of phenolic OH excluding ortho intramolecular Hbond substituents is 1. The average Bonchev–Trinajstić information content (AvgIpc) is 2.72. The third kappa shape index (κ3) is 1.68. The highest BCUT2D eigenvalue weighted by atomic mass is 16.3. The van der Waals surface area contributed by atoms with Gasteiger partial charge in [-0.05, 0) is 47.9 Å². The Balaban J connectivity index is 2.17. The summed E-state index contributed by atoms with van der Waals surface area (Å²) in [6, 6.07) is 13.3. The van der Waals surface area contributed by atoms with E-state index in [0.29, 0.717) is 0 Å². The number of benzene rings is 2. The molecular formula is C15H12O2. The molecule has 2 aromatic carbocycles. The Morgan fingerprint density at radius 2 is 1.65 bits per heavy atom. The number of hydrogen-bond acceptors (Lipinski definition) is 2. The van der Waals surface area contributed by atoms with Crippen molar-refractivity contribution in [3.05, 3.63) is 54.3 Å². The predicted octanol–water partition coefficient (Wildman–Crippen LogP) is 4.11. The normalized spacial score (nSPS) is 10.9. The van der Waals surface area contributed by atoms with Crippen molar-refractivity contribution in [3.63, 3.8) is 0 Å². The van der Waals surface area contributed by atoms with Gasteiger partial charge in [-0.25, -0.2) is 0 Å². The van der Waals surface area contributed by atoms with Gasteiger partial charge >= 0.3 is 0 Å². The average molecular weight is 224 g/mol. The lowest BCUT2D eigenvalue weighted by Gasteiger charge is -2.02. The summed E-state index contributed by atoms with van der Waals surface area (Å²) < 4.78 is 5.42. The minimum Gasteiger partial charge on any atom is -0.508 e. The second-order valence-corrected chi connectivity index (χ2v) is 4.18. The Kier molecular flexibility index (Phi) is 2.15. The van der Waals surface area contributed by atoms with Crippen molar-refractivity contribution >= 4 is 11.0 Å². The molecule has 2 nitrogen and oxygen atoms in total. The van der Waals surface area contributed by atoms with Crippen LogP contribution in [0, 0.1) is 6.92 Å². The fourth-order valence-corrected chi connectivity index (χ4v) is 1.99. The van der Waals surface area contributed by atoms with Crippen LogP contribution in [-0.4, -0.2) is 5.11 Å². The van der Waals surface area contributed by atoms with Gasteiger partial charge in [-0.15, -0.1) is 0 Å². The fourth-order valence-electron chi connectivity index (χ4n) is 1.99. The minimum absolute atomic E-state index is 0.286. The maximum atomic E-state index is 9.27. The smallest absolute Gasteiger partial charge is 0.134 e. The molecule has 0 spiro atoms. The van der Waals surface area contributed by atoms with E-state index in [-0.39, 0.29) is 5.75 Å². The van der Waals surface area contributed by atoms with Gasteiger partial charge in [0.1, 0.15) is 11.3 Å². The van der Waals surface area contributed by atoms with Gasteiger partial charge < -0.3 is 9.52 Å². The number of fused-ring (bicyclic) bond motifs is 1. The maximum absolute atomic E-state index is 9.27. The van der Waals surface area contributed by atoms with Crippen LogP contribution in [0.4, 0.5) is 0 Å². The lowest BCUT2D eigenvalue weighted by Crippen LogP contribution is -1.77. The molecule has 84 valence electrons. The minimum atomic E-state index is 0.286. The summed E-state index contributed by atoms with van der Waals surface area (Å²) in [5.41, 5.74) is 4.26. The second kappa shape index (κ2) is 3.67. The van der Waals surface area contributed by atoms with E-state index in [4.69, 9.17) is 4.42 Å². The first-order chi connectivity index (χ1) is 8.24. The molecule has 0 fully saturated rings. The number of aryl methyl sites for hydroxylation is 1. The van der Waals surface area contributed by atoms with Crippen LogP contribution in [-0.2, 0) is 0 Å². The largest absolute Gasteiger partial charge is 0.508 e. The van der Waals surface area contributed by atoms with E-state index in [1.165, 1.54) is 0 Å². The molecule has 1 aromatic heterocycles. The highest BCUT2D eigenvalue weighted by Gasteiger charge is 2.04. The SMILES string of the molecule is Cc1coc2ccc(-c3ccc(O)cc3)cc12. The maximum Gasteiger partial charge on any atom is 0.134 e. The summed E-state index contributed by atoms with van der Waals surface area (Å²) in [4.78, 5) is 0. The van der Waals surface area contributed by atoms with Gasteiger partial charge in [0.05, 0.1) is 6.26 Å². The monoisotopic (exact) mass is 224 g/mol. The summed E-state index contributed by atoms with van der Waals surface area (Å²) in [7, 11) is 0. The Labute approximate surface area is 99.1 Å². The van der Waals surface area contributed by atoms with Gasteiger partial charge in [-0.2, -0.15) is 0 Å². The zero-order chi connectivity index (χ0) is 11.8. The first kappa shape index (κ1) is 9.97. The molecule has 0 amide bonds. The zero-order valence-electron chi connectivity index (χ0n) is 9.47. The number of aromatic hydroxyl groups is 1. The molecule has 0 radical (unpaired) electrons. The molecule has 2 heteroatoms. The highest BCUT2D eigenvalue weighted by molar-refractivity contribution is 5.86. The van der Waals surface area contributed by atoms with Gasteiger partial charge in [-0.1, -0.05) is 18.2 Å². The van der Waals surface area contributed by atoms with Gasteiger partial charge in [0, 0.05) is 5.39 Å². The topological polar surface area (TPSA) is 33.4 Å². The van der Waals surface area contributed by atoms with E-state index < -0.39 is 0 Å². The molecule has 0 atom stereocenters. The summed E-state index contributed by atoms with van der Waals surface area (Å²) in [5.74, 6) is 0.286. The third-order valence-corrected chi connectivity index (χ3v) is 2.97. The van der Waals surface area contributed by atoms with Crippen molar-refractivity contribution < 1.29 is 9.52 Å². The van der Waals surface area contributed by atoms with Crippen molar-refractivity contribution in [1.82, 2.24) is 0 Å². The summed E-state index contributed by atoms with van der Waals surface area (Å²) in [5, 5.41) is 10.4. The van der Waals surface area contributed by atoms with Crippen molar-refractivity contribution in [2.24, 2.45) is 0 Å². The van der Waals surface area contributed by atoms with Crippen LogP contribution in [0.3, 0.4) is 0 Å². The first-order valence-corrected chi connectivity index (χ1v) is 5.51. The van der Waals surface area contributed by atoms with Crippen LogP contribution in [0.15, 0.2) is 53.1 Å². The van der Waals surface area contributed by atoms with E-state index in [1.54, 1.807) is 18.4 Å². The van der Waals surface area contributed by atoms with Crippen molar-refractivity contribution in [1.29, 1.82) is 0 Å². The quantitative estimate of drug-likeness (QED) is 0.674. The fraction of sp³-hybridized carbons (Fsp3) is 0.0667. The molecule has 3 rings (SSSR count). The van der Waals surface area contributed by atoms with Crippen LogP contribution in [0.5, 0.6) is 5.75 Å². The summed E-state index contributed by atoms with van der Waals surface area (Å²) in [6.07, 6.45) is 1.77. The van der Waals surface area contributed by atoms with Crippen LogP contribution < -0.4 is 0 Å². The molecule has 0 aliphatic heterocycles. The van der Waals surface area contributed by atoms with E-state index >= 15 is 0 Å². The van der Waals surface area contributed by atoms with Gasteiger partial charge in [-0.3, -0.25) is 0 Å².